The van der Waals surface area contributed by atoms with E-state index in [1.54, 1.807) is 39.8 Å². The first-order chi connectivity index (χ1) is 19.4. The number of nitrogens with one attached hydrogen (secondary N) is 1. The first-order valence-corrected chi connectivity index (χ1v) is 13.7. The third-order valence-corrected chi connectivity index (χ3v) is 7.42. The van der Waals surface area contributed by atoms with E-state index in [0.717, 1.165) is 22.4 Å². The molecule has 0 aliphatic heterocycles. The van der Waals surface area contributed by atoms with Gasteiger partial charge < -0.3 is 10.2 Å². The molecule has 1 aromatic heterocycles. The smallest absolute Gasteiger partial charge is 0.310 e. The van der Waals surface area contributed by atoms with Crippen molar-refractivity contribution in [3.8, 4) is 5.69 Å². The molecular formula is C33H31ClN4O2. The number of fused-ring (bicyclic) bond motifs is 1. The number of amides is 2. The third-order valence-electron chi connectivity index (χ3n) is 7.16. The van der Waals surface area contributed by atoms with Gasteiger partial charge in [-0.15, -0.1) is 0 Å². The lowest BCUT2D eigenvalue weighted by Crippen LogP contribution is -2.40. The topological polar surface area (TPSA) is 67.2 Å². The molecule has 1 N–H and O–H groups in total. The van der Waals surface area contributed by atoms with Crippen LogP contribution in [0.15, 0.2) is 102 Å². The molecule has 6 nitrogen and oxygen atoms in total. The van der Waals surface area contributed by atoms with Gasteiger partial charge in [-0.3, -0.25) is 9.36 Å². The van der Waals surface area contributed by atoms with Gasteiger partial charge in [0.25, 0.3) is 5.56 Å². The minimum atomic E-state index is -0.508. The summed E-state index contributed by atoms with van der Waals surface area (Å²) < 4.78 is 1.66. The molecule has 5 rings (SSSR count). The number of benzene rings is 4. The maximum Gasteiger partial charge on any atom is 0.322 e. The summed E-state index contributed by atoms with van der Waals surface area (Å²) in [6.07, 6.45) is 0.538. The predicted molar refractivity (Wildman–Crippen MR) is 162 cm³/mol. The number of para-hydroxylation sites is 1. The number of rotatable bonds is 7. The molecule has 0 bridgehead atoms. The number of nitrogens with zero attached hydrogens (tertiary/aromatic N) is 3. The van der Waals surface area contributed by atoms with Crippen molar-refractivity contribution in [3.63, 3.8) is 0 Å². The Morgan fingerprint density at radius 1 is 0.925 bits per heavy atom. The van der Waals surface area contributed by atoms with Crippen molar-refractivity contribution >= 4 is 34.2 Å². The molecule has 202 valence electrons. The van der Waals surface area contributed by atoms with Crippen molar-refractivity contribution in [1.29, 1.82) is 0 Å². The molecule has 1 unspecified atom stereocenters. The second-order valence-electron chi connectivity index (χ2n) is 9.87. The van der Waals surface area contributed by atoms with Crippen LogP contribution in [0.5, 0.6) is 0 Å². The molecule has 7 heteroatoms. The van der Waals surface area contributed by atoms with Crippen LogP contribution in [-0.4, -0.2) is 20.5 Å². The molecule has 1 heterocycles. The molecule has 4 aromatic carbocycles. The van der Waals surface area contributed by atoms with Gasteiger partial charge in [0.05, 0.1) is 22.6 Å². The molecule has 0 saturated heterocycles. The zero-order valence-corrected chi connectivity index (χ0v) is 23.5. The highest BCUT2D eigenvalue weighted by molar-refractivity contribution is 6.30. The molecule has 1 atom stereocenters. The van der Waals surface area contributed by atoms with Gasteiger partial charge in [0.2, 0.25) is 0 Å². The van der Waals surface area contributed by atoms with Gasteiger partial charge in [-0.1, -0.05) is 67.1 Å². The number of carbonyl (C=O) groups excluding carboxylic acids is 1. The maximum absolute atomic E-state index is 14.0. The molecule has 2 amide bonds. The summed E-state index contributed by atoms with van der Waals surface area (Å²) >= 11 is 6.07. The molecule has 0 saturated carbocycles. The third kappa shape index (κ3) is 5.63. The zero-order chi connectivity index (χ0) is 28.2. The van der Waals surface area contributed by atoms with Crippen LogP contribution < -0.4 is 10.9 Å². The normalized spacial score (nSPS) is 11.8. The Hall–Kier alpha value is -4.42. The van der Waals surface area contributed by atoms with Crippen LogP contribution >= 0.6 is 11.6 Å². The lowest BCUT2D eigenvalue weighted by atomic mass is 10.1. The van der Waals surface area contributed by atoms with Gasteiger partial charge in [-0.2, -0.15) is 0 Å². The summed E-state index contributed by atoms with van der Waals surface area (Å²) in [5.74, 6) is 0.511. The van der Waals surface area contributed by atoms with Crippen LogP contribution in [0.25, 0.3) is 16.6 Å². The number of halogens is 1. The highest BCUT2D eigenvalue weighted by atomic mass is 35.5. The van der Waals surface area contributed by atoms with Crippen molar-refractivity contribution in [2.75, 3.05) is 5.32 Å². The summed E-state index contributed by atoms with van der Waals surface area (Å²) in [7, 11) is 0. The number of carbonyl (C=O) groups is 1. The van der Waals surface area contributed by atoms with Crippen molar-refractivity contribution in [2.24, 2.45) is 0 Å². The van der Waals surface area contributed by atoms with Gasteiger partial charge >= 0.3 is 6.03 Å². The first kappa shape index (κ1) is 27.2. The number of hydrogen-bond donors (Lipinski definition) is 1. The fourth-order valence-electron chi connectivity index (χ4n) is 4.86. The minimum absolute atomic E-state index is 0.167. The lowest BCUT2D eigenvalue weighted by Gasteiger charge is -2.32. The fraction of sp³-hybridized carbons (Fsp3) is 0.182. The average molecular weight is 551 g/mol. The van der Waals surface area contributed by atoms with E-state index in [4.69, 9.17) is 16.6 Å². The van der Waals surface area contributed by atoms with Crippen molar-refractivity contribution in [3.05, 3.63) is 135 Å². The molecule has 40 heavy (non-hydrogen) atoms. The van der Waals surface area contributed by atoms with Gasteiger partial charge in [0.1, 0.15) is 5.82 Å². The number of anilines is 1. The standard InChI is InChI=1S/C33H31ClN4O2/c1-4-30(37(21-24-10-6-5-7-11-24)33(40)35-26-17-15-25(34)16-18-26)31-36-29-13-9-8-12-28(29)32(39)38(31)27-19-14-22(2)23(3)20-27/h5-20,30H,4,21H2,1-3H3,(H,35,40). The number of aryl methyl sites for hydroxylation is 2. The van der Waals surface area contributed by atoms with Crippen LogP contribution in [0.1, 0.15) is 41.9 Å². The zero-order valence-electron chi connectivity index (χ0n) is 22.8. The van der Waals surface area contributed by atoms with Crippen LogP contribution in [0.3, 0.4) is 0 Å². The Kier molecular flexibility index (Phi) is 7.99. The van der Waals surface area contributed by atoms with Crippen molar-refractivity contribution in [1.82, 2.24) is 14.5 Å². The number of aromatic nitrogens is 2. The average Bonchev–Trinajstić information content (AvgIpc) is 2.96. The van der Waals surface area contributed by atoms with Crippen LogP contribution in [-0.2, 0) is 6.54 Å². The molecule has 0 radical (unpaired) electrons. The Morgan fingerprint density at radius 2 is 1.62 bits per heavy atom. The number of hydrogen-bond acceptors (Lipinski definition) is 3. The molecule has 0 aliphatic carbocycles. The largest absolute Gasteiger partial charge is 0.322 e. The monoisotopic (exact) mass is 550 g/mol. The predicted octanol–water partition coefficient (Wildman–Crippen LogP) is 7.84. The summed E-state index contributed by atoms with van der Waals surface area (Å²) in [6.45, 7) is 6.40. The quantitative estimate of drug-likeness (QED) is 0.224. The Morgan fingerprint density at radius 3 is 2.33 bits per heavy atom. The highest BCUT2D eigenvalue weighted by Crippen LogP contribution is 2.29. The van der Waals surface area contributed by atoms with E-state index >= 15 is 0 Å². The van der Waals surface area contributed by atoms with E-state index in [1.807, 2.05) is 87.5 Å². The fourth-order valence-corrected chi connectivity index (χ4v) is 4.99. The van der Waals surface area contributed by atoms with E-state index in [9.17, 15) is 9.59 Å². The molecule has 0 fully saturated rings. The van der Waals surface area contributed by atoms with E-state index < -0.39 is 6.04 Å². The van der Waals surface area contributed by atoms with E-state index in [2.05, 4.69) is 5.32 Å². The SMILES string of the molecule is CCC(c1nc2ccccc2c(=O)n1-c1ccc(C)c(C)c1)N(Cc1ccccc1)C(=O)Nc1ccc(Cl)cc1. The summed E-state index contributed by atoms with van der Waals surface area (Å²) in [6, 6.07) is 29.3. The molecular weight excluding hydrogens is 520 g/mol. The number of urea groups is 1. The second kappa shape index (κ2) is 11.8. The lowest BCUT2D eigenvalue weighted by molar-refractivity contribution is 0.177. The van der Waals surface area contributed by atoms with Gasteiger partial charge in [0, 0.05) is 17.3 Å². The Balaban J connectivity index is 1.68. The van der Waals surface area contributed by atoms with Crippen LogP contribution in [0.2, 0.25) is 5.02 Å². The summed E-state index contributed by atoms with van der Waals surface area (Å²) in [5, 5.41) is 4.13. The van der Waals surface area contributed by atoms with Crippen LogP contribution in [0, 0.1) is 13.8 Å². The first-order valence-electron chi connectivity index (χ1n) is 13.3. The van der Waals surface area contributed by atoms with Gasteiger partial charge in [-0.05, 0) is 85.5 Å². The maximum atomic E-state index is 14.0. The molecule has 0 spiro atoms. The van der Waals surface area contributed by atoms with E-state index in [-0.39, 0.29) is 11.6 Å². The van der Waals surface area contributed by atoms with Gasteiger partial charge in [0.15, 0.2) is 0 Å². The van der Waals surface area contributed by atoms with E-state index in [1.165, 1.54) is 0 Å². The van der Waals surface area contributed by atoms with Crippen molar-refractivity contribution < 1.29 is 4.79 Å². The minimum Gasteiger partial charge on any atom is -0.310 e. The Labute approximate surface area is 238 Å². The highest BCUT2D eigenvalue weighted by Gasteiger charge is 2.29. The van der Waals surface area contributed by atoms with E-state index in [0.29, 0.717) is 40.4 Å². The summed E-state index contributed by atoms with van der Waals surface area (Å²) in [5.41, 5.74) is 4.94. The van der Waals surface area contributed by atoms with Gasteiger partial charge in [-0.25, -0.2) is 9.78 Å². The second-order valence-corrected chi connectivity index (χ2v) is 10.3. The molecule has 5 aromatic rings. The Bertz CT molecular complexity index is 1720. The molecule has 0 aliphatic rings. The van der Waals surface area contributed by atoms with Crippen LogP contribution in [0.4, 0.5) is 10.5 Å². The summed E-state index contributed by atoms with van der Waals surface area (Å²) in [4.78, 5) is 34.7. The van der Waals surface area contributed by atoms with Crippen molar-refractivity contribution in [2.45, 2.75) is 39.8 Å².